The van der Waals surface area contributed by atoms with E-state index in [1.54, 1.807) is 11.8 Å². The summed E-state index contributed by atoms with van der Waals surface area (Å²) in [7, 11) is 1.41. The molecule has 1 unspecified atom stereocenters. The Hall–Kier alpha value is -0.290. The van der Waals surface area contributed by atoms with Gasteiger partial charge in [0, 0.05) is 17.7 Å². The zero-order valence-corrected chi connectivity index (χ0v) is 9.33. The van der Waals surface area contributed by atoms with Gasteiger partial charge in [-0.2, -0.15) is 0 Å². The number of carbonyl (C=O) groups is 1. The quantitative estimate of drug-likeness (QED) is 0.560. The van der Waals surface area contributed by atoms with Crippen molar-refractivity contribution in [3.8, 4) is 0 Å². The molecular weight excluding hydrogens is 206 g/mol. The van der Waals surface area contributed by atoms with Crippen LogP contribution >= 0.6 is 24.0 Å². The van der Waals surface area contributed by atoms with Gasteiger partial charge in [0.15, 0.2) is 0 Å². The van der Waals surface area contributed by atoms with E-state index in [1.165, 1.54) is 7.11 Å². The van der Waals surface area contributed by atoms with Crippen LogP contribution in [-0.2, 0) is 9.53 Å². The first-order valence-electron chi connectivity index (χ1n) is 4.10. The second-order valence-corrected chi connectivity index (χ2v) is 4.47. The monoisotopic (exact) mass is 219 g/mol. The van der Waals surface area contributed by atoms with Gasteiger partial charge in [-0.25, -0.2) is 0 Å². The Morgan fingerprint density at radius 1 is 1.77 bits per heavy atom. The molecule has 0 radical (unpaired) electrons. The van der Waals surface area contributed by atoms with E-state index in [2.05, 4.69) is 17.0 Å². The lowest BCUT2D eigenvalue weighted by Gasteiger charge is -2.37. The summed E-state index contributed by atoms with van der Waals surface area (Å²) < 4.78 is 4.53. The standard InChI is InChI=1S/C8H13NO2S2/c1-5-6(9-8(5)12)3-13-4-7(10)11-2/h5-6H,3-4H2,1-2H3,(H,9,12)/t5?,6-/m0/s1. The van der Waals surface area contributed by atoms with Crippen LogP contribution in [-0.4, -0.2) is 35.6 Å². The maximum absolute atomic E-state index is 10.8. The topological polar surface area (TPSA) is 38.3 Å². The second-order valence-electron chi connectivity index (χ2n) is 3.00. The van der Waals surface area contributed by atoms with Crippen molar-refractivity contribution < 1.29 is 9.53 Å². The molecule has 3 nitrogen and oxygen atoms in total. The van der Waals surface area contributed by atoms with Crippen LogP contribution in [0.1, 0.15) is 6.92 Å². The Morgan fingerprint density at radius 2 is 2.46 bits per heavy atom. The molecule has 2 atom stereocenters. The van der Waals surface area contributed by atoms with E-state index in [1.807, 2.05) is 0 Å². The highest BCUT2D eigenvalue weighted by atomic mass is 32.2. The Kier molecular flexibility index (Phi) is 3.99. The molecule has 0 amide bonds. The summed E-state index contributed by atoms with van der Waals surface area (Å²) in [5.74, 6) is 1.63. The molecule has 0 bridgehead atoms. The van der Waals surface area contributed by atoms with Crippen LogP contribution in [0.3, 0.4) is 0 Å². The number of methoxy groups -OCH3 is 1. The molecule has 1 fully saturated rings. The molecule has 1 aliphatic rings. The van der Waals surface area contributed by atoms with Crippen molar-refractivity contribution >= 4 is 34.9 Å². The number of carbonyl (C=O) groups excluding carboxylic acids is 1. The lowest BCUT2D eigenvalue weighted by molar-refractivity contribution is -0.137. The van der Waals surface area contributed by atoms with Crippen molar-refractivity contribution in [2.24, 2.45) is 5.92 Å². The normalized spacial score (nSPS) is 26.2. The van der Waals surface area contributed by atoms with E-state index in [0.29, 0.717) is 17.7 Å². The van der Waals surface area contributed by atoms with Gasteiger partial charge in [0.2, 0.25) is 0 Å². The molecule has 5 heteroatoms. The minimum atomic E-state index is -0.167. The molecule has 1 heterocycles. The number of esters is 1. The average Bonchev–Trinajstić information content (AvgIpc) is 2.15. The van der Waals surface area contributed by atoms with Crippen LogP contribution in [0.5, 0.6) is 0 Å². The maximum atomic E-state index is 10.8. The lowest BCUT2D eigenvalue weighted by atomic mass is 9.95. The molecule has 1 saturated heterocycles. The largest absolute Gasteiger partial charge is 0.468 e. The molecule has 74 valence electrons. The van der Waals surface area contributed by atoms with Gasteiger partial charge in [0.25, 0.3) is 0 Å². The number of hydrogen-bond acceptors (Lipinski definition) is 4. The van der Waals surface area contributed by atoms with Gasteiger partial charge in [-0.1, -0.05) is 19.1 Å². The van der Waals surface area contributed by atoms with E-state index in [4.69, 9.17) is 12.2 Å². The van der Waals surface area contributed by atoms with Crippen LogP contribution in [0, 0.1) is 5.92 Å². The minimum absolute atomic E-state index is 0.167. The zero-order chi connectivity index (χ0) is 9.84. The molecule has 0 aliphatic carbocycles. The molecule has 0 aromatic carbocycles. The molecule has 0 spiro atoms. The minimum Gasteiger partial charge on any atom is -0.468 e. The smallest absolute Gasteiger partial charge is 0.315 e. The van der Waals surface area contributed by atoms with Gasteiger partial charge in [-0.05, 0) is 0 Å². The van der Waals surface area contributed by atoms with Crippen molar-refractivity contribution in [1.29, 1.82) is 0 Å². The van der Waals surface area contributed by atoms with Gasteiger partial charge < -0.3 is 10.1 Å². The van der Waals surface area contributed by atoms with E-state index in [-0.39, 0.29) is 5.97 Å². The van der Waals surface area contributed by atoms with Crippen LogP contribution in [0.25, 0.3) is 0 Å². The molecule has 1 aliphatic heterocycles. The Labute approximate surface area is 87.6 Å². The molecule has 13 heavy (non-hydrogen) atoms. The number of nitrogens with one attached hydrogen (secondary N) is 1. The number of ether oxygens (including phenoxy) is 1. The number of thioether (sulfide) groups is 1. The van der Waals surface area contributed by atoms with Crippen LogP contribution in [0.4, 0.5) is 0 Å². The van der Waals surface area contributed by atoms with Crippen molar-refractivity contribution in [3.63, 3.8) is 0 Å². The average molecular weight is 219 g/mol. The number of hydrogen-bond donors (Lipinski definition) is 1. The fourth-order valence-corrected chi connectivity index (χ4v) is 2.38. The summed E-state index contributed by atoms with van der Waals surface area (Å²) in [4.78, 5) is 11.7. The fourth-order valence-electron chi connectivity index (χ4n) is 1.04. The van der Waals surface area contributed by atoms with Crippen molar-refractivity contribution in [2.45, 2.75) is 13.0 Å². The molecule has 0 aromatic rings. The van der Waals surface area contributed by atoms with E-state index in [0.717, 1.165) is 10.7 Å². The van der Waals surface area contributed by atoms with Gasteiger partial charge in [-0.3, -0.25) is 4.79 Å². The Morgan fingerprint density at radius 3 is 2.92 bits per heavy atom. The van der Waals surface area contributed by atoms with Crippen LogP contribution < -0.4 is 5.32 Å². The van der Waals surface area contributed by atoms with Crippen LogP contribution in [0.2, 0.25) is 0 Å². The predicted molar refractivity (Wildman–Crippen MR) is 58.0 cm³/mol. The first-order chi connectivity index (χ1) is 6.15. The summed E-state index contributed by atoms with van der Waals surface area (Å²) >= 11 is 6.58. The van der Waals surface area contributed by atoms with Gasteiger partial charge in [0.1, 0.15) is 0 Å². The van der Waals surface area contributed by atoms with E-state index in [9.17, 15) is 4.79 Å². The lowest BCUT2D eigenvalue weighted by Crippen LogP contribution is -2.57. The highest BCUT2D eigenvalue weighted by Gasteiger charge is 2.31. The highest BCUT2D eigenvalue weighted by molar-refractivity contribution is 8.00. The fraction of sp³-hybridized carbons (Fsp3) is 0.750. The molecular formula is C8H13NO2S2. The van der Waals surface area contributed by atoms with Gasteiger partial charge in [-0.15, -0.1) is 11.8 Å². The number of thiocarbonyl (C=S) groups is 1. The predicted octanol–water partition coefficient (Wildman–Crippen LogP) is 0.828. The van der Waals surface area contributed by atoms with Crippen molar-refractivity contribution in [2.75, 3.05) is 18.6 Å². The SMILES string of the molecule is COC(=O)CSC[C@@H]1NC(=S)C1C. The third-order valence-electron chi connectivity index (χ3n) is 2.09. The van der Waals surface area contributed by atoms with Crippen molar-refractivity contribution in [3.05, 3.63) is 0 Å². The third-order valence-corrected chi connectivity index (χ3v) is 3.61. The zero-order valence-electron chi connectivity index (χ0n) is 7.70. The summed E-state index contributed by atoms with van der Waals surface area (Å²) in [6, 6.07) is 0.433. The molecule has 1 N–H and O–H groups in total. The summed E-state index contributed by atoms with van der Waals surface area (Å²) in [6.07, 6.45) is 0. The second kappa shape index (κ2) is 4.81. The van der Waals surface area contributed by atoms with Crippen LogP contribution in [0.15, 0.2) is 0 Å². The first kappa shape index (κ1) is 10.8. The summed E-state index contributed by atoms with van der Waals surface area (Å²) in [5.41, 5.74) is 0. The molecule has 0 saturated carbocycles. The summed E-state index contributed by atoms with van der Waals surface area (Å²) in [6.45, 7) is 2.10. The molecule has 0 aromatic heterocycles. The Bertz CT molecular complexity index is 220. The number of rotatable bonds is 4. The van der Waals surface area contributed by atoms with Gasteiger partial charge in [0.05, 0.1) is 17.9 Å². The highest BCUT2D eigenvalue weighted by Crippen LogP contribution is 2.19. The summed E-state index contributed by atoms with van der Waals surface area (Å²) in [5, 5.41) is 3.14. The van der Waals surface area contributed by atoms with E-state index >= 15 is 0 Å². The van der Waals surface area contributed by atoms with E-state index < -0.39 is 0 Å². The van der Waals surface area contributed by atoms with Crippen molar-refractivity contribution in [1.82, 2.24) is 5.32 Å². The first-order valence-corrected chi connectivity index (χ1v) is 5.66. The molecule has 1 rings (SSSR count). The maximum Gasteiger partial charge on any atom is 0.315 e. The third kappa shape index (κ3) is 2.84. The Balaban J connectivity index is 2.07. The van der Waals surface area contributed by atoms with Gasteiger partial charge >= 0.3 is 5.97 Å².